The lowest BCUT2D eigenvalue weighted by Gasteiger charge is -2.28. The minimum absolute atomic E-state index is 0.0474. The first-order chi connectivity index (χ1) is 10.2. The quantitative estimate of drug-likeness (QED) is 0.856. The van der Waals surface area contributed by atoms with E-state index >= 15 is 0 Å². The summed E-state index contributed by atoms with van der Waals surface area (Å²) in [6.45, 7) is 2.53. The van der Waals surface area contributed by atoms with Crippen LogP contribution in [0.4, 0.5) is 5.69 Å². The summed E-state index contributed by atoms with van der Waals surface area (Å²) in [7, 11) is 0. The number of anilines is 1. The Morgan fingerprint density at radius 1 is 1.14 bits per heavy atom. The van der Waals surface area contributed by atoms with Crippen LogP contribution >= 0.6 is 15.9 Å². The molecule has 1 saturated heterocycles. The lowest BCUT2D eigenvalue weighted by molar-refractivity contribution is 0.571. The van der Waals surface area contributed by atoms with E-state index in [1.54, 1.807) is 6.07 Å². The highest BCUT2D eigenvalue weighted by molar-refractivity contribution is 9.10. The summed E-state index contributed by atoms with van der Waals surface area (Å²) in [4.78, 5) is 14.5. The normalized spacial score (nSPS) is 15.2. The number of hydrogen-bond acceptors (Lipinski definition) is 3. The molecule has 0 N–H and O–H groups in total. The van der Waals surface area contributed by atoms with Crippen LogP contribution in [0.3, 0.4) is 0 Å². The van der Waals surface area contributed by atoms with Crippen molar-refractivity contribution in [2.75, 3.05) is 18.0 Å². The van der Waals surface area contributed by atoms with Crippen molar-refractivity contribution in [3.63, 3.8) is 0 Å². The van der Waals surface area contributed by atoms with Gasteiger partial charge in [-0.1, -0.05) is 34.1 Å². The molecule has 1 aliphatic rings. The molecule has 0 atom stereocenters. The average Bonchev–Trinajstić information content (AvgIpc) is 2.52. The summed E-state index contributed by atoms with van der Waals surface area (Å²) < 4.78 is 2.51. The molecule has 0 spiro atoms. The Balaban J connectivity index is 1.81. The molecule has 0 aliphatic carbocycles. The molecule has 0 bridgehead atoms. The van der Waals surface area contributed by atoms with Crippen molar-refractivity contribution in [3.05, 3.63) is 56.9 Å². The minimum Gasteiger partial charge on any atom is -0.370 e. The van der Waals surface area contributed by atoms with Gasteiger partial charge in [-0.15, -0.1) is 0 Å². The average molecular weight is 348 g/mol. The van der Waals surface area contributed by atoms with Gasteiger partial charge in [0.1, 0.15) is 0 Å². The van der Waals surface area contributed by atoms with E-state index in [0.717, 1.165) is 28.8 Å². The summed E-state index contributed by atoms with van der Waals surface area (Å²) in [6.07, 6.45) is 5.48. The van der Waals surface area contributed by atoms with Gasteiger partial charge in [-0.05, 0) is 30.9 Å². The molecule has 0 unspecified atom stereocenters. The molecule has 2 aromatic rings. The van der Waals surface area contributed by atoms with Crippen LogP contribution in [0.15, 0.2) is 45.8 Å². The molecule has 0 amide bonds. The Morgan fingerprint density at radius 2 is 1.90 bits per heavy atom. The summed E-state index contributed by atoms with van der Waals surface area (Å²) in [5.74, 6) is 0. The lowest BCUT2D eigenvalue weighted by atomic mass is 10.1. The molecule has 3 rings (SSSR count). The van der Waals surface area contributed by atoms with Crippen molar-refractivity contribution in [3.8, 4) is 0 Å². The van der Waals surface area contributed by atoms with E-state index in [4.69, 9.17) is 0 Å². The summed E-state index contributed by atoms with van der Waals surface area (Å²) >= 11 is 3.50. The third-order valence-electron chi connectivity index (χ3n) is 3.85. The summed E-state index contributed by atoms with van der Waals surface area (Å²) in [5, 5.41) is 4.33. The molecule has 0 saturated carbocycles. The van der Waals surface area contributed by atoms with E-state index in [1.165, 1.54) is 23.9 Å². The number of halogens is 1. The fourth-order valence-corrected chi connectivity index (χ4v) is 3.07. The number of nitrogens with zero attached hydrogens (tertiary/aromatic N) is 3. The predicted molar refractivity (Wildman–Crippen MR) is 87.8 cm³/mol. The van der Waals surface area contributed by atoms with Crippen molar-refractivity contribution in [2.24, 2.45) is 0 Å². The fraction of sp³-hybridized carbons (Fsp3) is 0.375. The van der Waals surface area contributed by atoms with Gasteiger partial charge in [-0.25, -0.2) is 4.68 Å². The highest BCUT2D eigenvalue weighted by Gasteiger charge is 2.12. The monoisotopic (exact) mass is 347 g/mol. The molecule has 1 aromatic carbocycles. The van der Waals surface area contributed by atoms with E-state index in [2.05, 4.69) is 25.9 Å². The molecule has 5 heteroatoms. The SMILES string of the molecule is O=c1cc(N2CCCCC2)cnn1Cc1ccccc1Br. The predicted octanol–water partition coefficient (Wildman–Crippen LogP) is 3.04. The Morgan fingerprint density at radius 3 is 2.62 bits per heavy atom. The van der Waals surface area contributed by atoms with Crippen LogP contribution in [0.5, 0.6) is 0 Å². The fourth-order valence-electron chi connectivity index (χ4n) is 2.66. The number of piperidine rings is 1. The molecule has 2 heterocycles. The van der Waals surface area contributed by atoms with Crippen molar-refractivity contribution in [1.29, 1.82) is 0 Å². The van der Waals surface area contributed by atoms with Gasteiger partial charge < -0.3 is 4.90 Å². The first-order valence-corrected chi connectivity index (χ1v) is 8.09. The van der Waals surface area contributed by atoms with E-state index in [1.807, 2.05) is 30.5 Å². The van der Waals surface area contributed by atoms with Crippen LogP contribution in [0.1, 0.15) is 24.8 Å². The Hall–Kier alpha value is -1.62. The second kappa shape index (κ2) is 6.43. The molecule has 1 aliphatic heterocycles. The van der Waals surface area contributed by atoms with Gasteiger partial charge in [0.2, 0.25) is 0 Å². The lowest BCUT2D eigenvalue weighted by Crippen LogP contribution is -2.32. The maximum atomic E-state index is 12.3. The number of rotatable bonds is 3. The third kappa shape index (κ3) is 3.35. The highest BCUT2D eigenvalue weighted by Crippen LogP contribution is 2.18. The molecule has 21 heavy (non-hydrogen) atoms. The van der Waals surface area contributed by atoms with Crippen LogP contribution in [0, 0.1) is 0 Å². The topological polar surface area (TPSA) is 38.1 Å². The zero-order chi connectivity index (χ0) is 14.7. The Bertz CT molecular complexity index is 677. The number of hydrogen-bond donors (Lipinski definition) is 0. The van der Waals surface area contributed by atoms with Crippen LogP contribution in [0.2, 0.25) is 0 Å². The molecule has 110 valence electrons. The van der Waals surface area contributed by atoms with Crippen molar-refractivity contribution in [1.82, 2.24) is 9.78 Å². The van der Waals surface area contributed by atoms with Gasteiger partial charge in [0, 0.05) is 23.6 Å². The molecule has 1 fully saturated rings. The van der Waals surface area contributed by atoms with Crippen LogP contribution in [0.25, 0.3) is 0 Å². The van der Waals surface area contributed by atoms with Gasteiger partial charge in [-0.3, -0.25) is 4.79 Å². The van der Waals surface area contributed by atoms with Crippen LogP contribution in [-0.4, -0.2) is 22.9 Å². The van der Waals surface area contributed by atoms with E-state index in [9.17, 15) is 4.79 Å². The van der Waals surface area contributed by atoms with E-state index < -0.39 is 0 Å². The maximum Gasteiger partial charge on any atom is 0.269 e. The van der Waals surface area contributed by atoms with Crippen molar-refractivity contribution >= 4 is 21.6 Å². The zero-order valence-corrected chi connectivity index (χ0v) is 13.4. The highest BCUT2D eigenvalue weighted by atomic mass is 79.9. The maximum absolute atomic E-state index is 12.3. The van der Waals surface area contributed by atoms with Crippen LogP contribution < -0.4 is 10.5 Å². The summed E-state index contributed by atoms with van der Waals surface area (Å²) in [5.41, 5.74) is 1.95. The molecule has 4 nitrogen and oxygen atoms in total. The first kappa shape index (κ1) is 14.3. The molecule has 1 aromatic heterocycles. The Labute approximate surface area is 132 Å². The van der Waals surface area contributed by atoms with Crippen molar-refractivity contribution < 1.29 is 0 Å². The second-order valence-corrected chi connectivity index (χ2v) is 6.20. The minimum atomic E-state index is -0.0474. The molecule has 0 radical (unpaired) electrons. The van der Waals surface area contributed by atoms with Crippen LogP contribution in [-0.2, 0) is 6.54 Å². The van der Waals surface area contributed by atoms with E-state index in [-0.39, 0.29) is 5.56 Å². The number of aromatic nitrogens is 2. The first-order valence-electron chi connectivity index (χ1n) is 7.29. The Kier molecular flexibility index (Phi) is 4.39. The molecular weight excluding hydrogens is 330 g/mol. The summed E-state index contributed by atoms with van der Waals surface area (Å²) in [6, 6.07) is 9.60. The van der Waals surface area contributed by atoms with Gasteiger partial charge in [-0.2, -0.15) is 5.10 Å². The van der Waals surface area contributed by atoms with Gasteiger partial charge in [0.25, 0.3) is 5.56 Å². The molecular formula is C16H18BrN3O. The van der Waals surface area contributed by atoms with Gasteiger partial charge in [0.05, 0.1) is 18.4 Å². The van der Waals surface area contributed by atoms with Gasteiger partial charge in [0.15, 0.2) is 0 Å². The van der Waals surface area contributed by atoms with E-state index in [0.29, 0.717) is 6.54 Å². The smallest absolute Gasteiger partial charge is 0.269 e. The third-order valence-corrected chi connectivity index (χ3v) is 4.63. The standard InChI is InChI=1S/C16H18BrN3O/c17-15-7-3-2-6-13(15)12-20-16(21)10-14(11-18-20)19-8-4-1-5-9-19/h2-3,6-7,10-11H,1,4-5,8-9,12H2. The van der Waals surface area contributed by atoms with Gasteiger partial charge >= 0.3 is 0 Å². The largest absolute Gasteiger partial charge is 0.370 e. The van der Waals surface area contributed by atoms with Crippen molar-refractivity contribution in [2.45, 2.75) is 25.8 Å². The second-order valence-electron chi connectivity index (χ2n) is 5.35. The zero-order valence-electron chi connectivity index (χ0n) is 11.8. The number of benzene rings is 1.